The van der Waals surface area contributed by atoms with Crippen molar-refractivity contribution >= 4 is 22.5 Å². The molecular weight excluding hydrogens is 216 g/mol. The average Bonchev–Trinajstić information content (AvgIpc) is 2.93. The van der Waals surface area contributed by atoms with Crippen molar-refractivity contribution in [2.75, 3.05) is 18.0 Å². The third kappa shape index (κ3) is 1.68. The Bertz CT molecular complexity index is 562. The molecule has 0 saturated carbocycles. The Morgan fingerprint density at radius 3 is 3.18 bits per heavy atom. The van der Waals surface area contributed by atoms with E-state index in [-0.39, 0.29) is 11.8 Å². The molecule has 1 aromatic carbocycles. The van der Waals surface area contributed by atoms with Gasteiger partial charge in [0.2, 0.25) is 5.91 Å². The van der Waals surface area contributed by atoms with Crippen LogP contribution in [0, 0.1) is 5.92 Å². The minimum atomic E-state index is 0.156. The first-order chi connectivity index (χ1) is 8.28. The van der Waals surface area contributed by atoms with Crippen LogP contribution in [0.1, 0.15) is 6.42 Å². The first-order valence-electron chi connectivity index (χ1n) is 5.71. The van der Waals surface area contributed by atoms with Crippen LogP contribution in [0.25, 0.3) is 10.9 Å². The van der Waals surface area contributed by atoms with Crippen molar-refractivity contribution in [1.29, 1.82) is 0 Å². The molecule has 2 heterocycles. The van der Waals surface area contributed by atoms with E-state index in [4.69, 9.17) is 5.73 Å². The van der Waals surface area contributed by atoms with Gasteiger partial charge < -0.3 is 10.6 Å². The van der Waals surface area contributed by atoms with Crippen molar-refractivity contribution in [3.05, 3.63) is 24.4 Å². The Balaban J connectivity index is 1.95. The number of hydrogen-bond donors (Lipinski definition) is 2. The van der Waals surface area contributed by atoms with Crippen LogP contribution in [0.3, 0.4) is 0 Å². The third-order valence-corrected chi connectivity index (χ3v) is 3.27. The fourth-order valence-corrected chi connectivity index (χ4v) is 2.29. The Morgan fingerprint density at radius 2 is 2.41 bits per heavy atom. The summed E-state index contributed by atoms with van der Waals surface area (Å²) in [6.45, 7) is 1.29. The number of aromatic amines is 1. The topological polar surface area (TPSA) is 75.0 Å². The molecule has 1 atom stereocenters. The number of H-pyrrole nitrogens is 1. The highest BCUT2D eigenvalue weighted by molar-refractivity contribution is 5.97. The summed E-state index contributed by atoms with van der Waals surface area (Å²) in [5.41, 5.74) is 7.53. The largest absolute Gasteiger partial charge is 0.330 e. The Morgan fingerprint density at radius 1 is 1.53 bits per heavy atom. The molecule has 5 heteroatoms. The summed E-state index contributed by atoms with van der Waals surface area (Å²) < 4.78 is 0. The molecule has 5 nitrogen and oxygen atoms in total. The molecule has 0 spiro atoms. The zero-order valence-electron chi connectivity index (χ0n) is 9.39. The molecule has 1 saturated heterocycles. The predicted molar refractivity (Wildman–Crippen MR) is 65.6 cm³/mol. The second-order valence-electron chi connectivity index (χ2n) is 4.45. The highest BCUT2D eigenvalue weighted by Gasteiger charge is 2.29. The van der Waals surface area contributed by atoms with Gasteiger partial charge in [-0.05, 0) is 30.7 Å². The van der Waals surface area contributed by atoms with Crippen LogP contribution >= 0.6 is 0 Å². The molecule has 17 heavy (non-hydrogen) atoms. The smallest absolute Gasteiger partial charge is 0.227 e. The van der Waals surface area contributed by atoms with E-state index in [0.29, 0.717) is 13.0 Å². The van der Waals surface area contributed by atoms with Crippen LogP contribution in [0.4, 0.5) is 5.69 Å². The number of carbonyl (C=O) groups is 1. The molecule has 3 N–H and O–H groups in total. The molecule has 0 bridgehead atoms. The van der Waals surface area contributed by atoms with Crippen LogP contribution in [0.15, 0.2) is 24.4 Å². The van der Waals surface area contributed by atoms with E-state index in [1.807, 2.05) is 23.1 Å². The lowest BCUT2D eigenvalue weighted by atomic mass is 10.1. The second kappa shape index (κ2) is 3.85. The van der Waals surface area contributed by atoms with Gasteiger partial charge in [-0.2, -0.15) is 5.10 Å². The van der Waals surface area contributed by atoms with Crippen molar-refractivity contribution in [2.45, 2.75) is 6.42 Å². The number of benzene rings is 1. The van der Waals surface area contributed by atoms with Gasteiger partial charge >= 0.3 is 0 Å². The Kier molecular flexibility index (Phi) is 2.33. The van der Waals surface area contributed by atoms with Crippen molar-refractivity contribution in [1.82, 2.24) is 10.2 Å². The van der Waals surface area contributed by atoms with Gasteiger partial charge in [0.1, 0.15) is 0 Å². The minimum absolute atomic E-state index is 0.156. The van der Waals surface area contributed by atoms with Gasteiger partial charge in [0.05, 0.1) is 11.7 Å². The quantitative estimate of drug-likeness (QED) is 0.804. The summed E-state index contributed by atoms with van der Waals surface area (Å²) in [7, 11) is 0. The zero-order chi connectivity index (χ0) is 11.8. The van der Waals surface area contributed by atoms with Crippen LogP contribution in [-0.4, -0.2) is 29.2 Å². The molecule has 1 aliphatic heterocycles. The highest BCUT2D eigenvalue weighted by atomic mass is 16.2. The van der Waals surface area contributed by atoms with Crippen LogP contribution < -0.4 is 10.6 Å². The van der Waals surface area contributed by atoms with Gasteiger partial charge in [-0.3, -0.25) is 9.89 Å². The number of amides is 1. The van der Waals surface area contributed by atoms with E-state index in [2.05, 4.69) is 10.2 Å². The summed E-state index contributed by atoms with van der Waals surface area (Å²) in [5, 5.41) is 7.89. The Labute approximate surface area is 98.6 Å². The third-order valence-electron chi connectivity index (χ3n) is 3.27. The van der Waals surface area contributed by atoms with E-state index in [1.54, 1.807) is 6.20 Å². The number of aromatic nitrogens is 2. The van der Waals surface area contributed by atoms with E-state index in [9.17, 15) is 4.79 Å². The standard InChI is InChI=1S/C12H14N4O/c13-5-8-3-12(17)16(7-8)10-1-2-11-9(4-10)6-14-15-11/h1-2,4,6,8H,3,5,7,13H2,(H,14,15). The number of rotatable bonds is 2. The maximum atomic E-state index is 11.9. The number of nitrogens with zero attached hydrogens (tertiary/aromatic N) is 2. The first-order valence-corrected chi connectivity index (χ1v) is 5.71. The fraction of sp³-hybridized carbons (Fsp3) is 0.333. The summed E-state index contributed by atoms with van der Waals surface area (Å²) in [5.74, 6) is 0.436. The predicted octanol–water partition coefficient (Wildman–Crippen LogP) is 0.874. The Hall–Kier alpha value is -1.88. The van der Waals surface area contributed by atoms with E-state index in [0.717, 1.165) is 23.1 Å². The summed E-state index contributed by atoms with van der Waals surface area (Å²) in [4.78, 5) is 13.7. The van der Waals surface area contributed by atoms with E-state index in [1.165, 1.54) is 0 Å². The number of carbonyl (C=O) groups excluding carboxylic acids is 1. The molecule has 0 aliphatic carbocycles. The second-order valence-corrected chi connectivity index (χ2v) is 4.45. The fourth-order valence-electron chi connectivity index (χ4n) is 2.29. The van der Waals surface area contributed by atoms with Gasteiger partial charge in [0.15, 0.2) is 0 Å². The van der Waals surface area contributed by atoms with Crippen molar-refractivity contribution in [3.8, 4) is 0 Å². The molecular formula is C12H14N4O. The number of fused-ring (bicyclic) bond motifs is 1. The number of nitrogens with one attached hydrogen (secondary N) is 1. The normalized spacial score (nSPS) is 20.4. The van der Waals surface area contributed by atoms with Crippen molar-refractivity contribution in [3.63, 3.8) is 0 Å². The first kappa shape index (κ1) is 10.3. The van der Waals surface area contributed by atoms with Gasteiger partial charge in [-0.1, -0.05) is 0 Å². The van der Waals surface area contributed by atoms with Crippen LogP contribution in [0.5, 0.6) is 0 Å². The zero-order valence-corrected chi connectivity index (χ0v) is 9.39. The van der Waals surface area contributed by atoms with Gasteiger partial charge in [0, 0.05) is 24.0 Å². The van der Waals surface area contributed by atoms with Crippen molar-refractivity contribution < 1.29 is 4.79 Å². The van der Waals surface area contributed by atoms with Gasteiger partial charge in [-0.15, -0.1) is 0 Å². The molecule has 1 amide bonds. The molecule has 88 valence electrons. The molecule has 3 rings (SSSR count). The number of hydrogen-bond acceptors (Lipinski definition) is 3. The summed E-state index contributed by atoms with van der Waals surface area (Å²) in [6, 6.07) is 5.87. The lowest BCUT2D eigenvalue weighted by Crippen LogP contribution is -2.25. The molecule has 1 aliphatic rings. The summed E-state index contributed by atoms with van der Waals surface area (Å²) in [6.07, 6.45) is 2.32. The molecule has 0 radical (unpaired) electrons. The maximum absolute atomic E-state index is 11.9. The van der Waals surface area contributed by atoms with Crippen LogP contribution in [0.2, 0.25) is 0 Å². The van der Waals surface area contributed by atoms with E-state index < -0.39 is 0 Å². The average molecular weight is 230 g/mol. The monoisotopic (exact) mass is 230 g/mol. The number of nitrogens with two attached hydrogens (primary N) is 1. The van der Waals surface area contributed by atoms with Gasteiger partial charge in [0.25, 0.3) is 0 Å². The molecule has 2 aromatic rings. The van der Waals surface area contributed by atoms with Crippen molar-refractivity contribution in [2.24, 2.45) is 11.7 Å². The lowest BCUT2D eigenvalue weighted by molar-refractivity contribution is -0.117. The number of anilines is 1. The van der Waals surface area contributed by atoms with Crippen LogP contribution in [-0.2, 0) is 4.79 Å². The highest BCUT2D eigenvalue weighted by Crippen LogP contribution is 2.26. The maximum Gasteiger partial charge on any atom is 0.227 e. The molecule has 1 fully saturated rings. The van der Waals surface area contributed by atoms with Gasteiger partial charge in [-0.25, -0.2) is 0 Å². The molecule has 1 unspecified atom stereocenters. The molecule has 1 aromatic heterocycles. The summed E-state index contributed by atoms with van der Waals surface area (Å²) >= 11 is 0. The van der Waals surface area contributed by atoms with E-state index >= 15 is 0 Å². The SMILES string of the molecule is NCC1CC(=O)N(c2ccc3[nH]ncc3c2)C1. The minimum Gasteiger partial charge on any atom is -0.330 e. The lowest BCUT2D eigenvalue weighted by Gasteiger charge is -2.16.